The third-order valence-electron chi connectivity index (χ3n) is 6.48. The third kappa shape index (κ3) is 3.09. The first kappa shape index (κ1) is 18.6. The van der Waals surface area contributed by atoms with E-state index in [4.69, 9.17) is 16.0 Å². The van der Waals surface area contributed by atoms with Crippen LogP contribution in [0.1, 0.15) is 43.7 Å². The number of para-hydroxylation sites is 1. The number of nitrogen functional groups attached to an aromatic ring is 1. The lowest BCUT2D eigenvalue weighted by molar-refractivity contribution is 0.328. The van der Waals surface area contributed by atoms with Crippen LogP contribution in [0, 0.1) is 17.2 Å². The Morgan fingerprint density at radius 1 is 1.17 bits per heavy atom. The van der Waals surface area contributed by atoms with Gasteiger partial charge in [0, 0.05) is 40.7 Å². The second kappa shape index (κ2) is 7.45. The van der Waals surface area contributed by atoms with Crippen LogP contribution >= 0.6 is 0 Å². The molecule has 0 atom stereocenters. The Morgan fingerprint density at radius 3 is 2.77 bits per heavy atom. The summed E-state index contributed by atoms with van der Waals surface area (Å²) in [7, 11) is 2.04. The quantitative estimate of drug-likeness (QED) is 0.540. The molecule has 1 aliphatic rings. The molecule has 0 aliphatic heterocycles. The molecule has 0 bridgehead atoms. The van der Waals surface area contributed by atoms with Crippen molar-refractivity contribution >= 4 is 35.7 Å². The van der Waals surface area contributed by atoms with Crippen LogP contribution in [-0.2, 0) is 0 Å². The molecule has 6 nitrogen and oxygen atoms in total. The van der Waals surface area contributed by atoms with Crippen LogP contribution in [0.2, 0.25) is 0 Å². The Balaban J connectivity index is 1.57. The summed E-state index contributed by atoms with van der Waals surface area (Å²) >= 11 is 0. The molecule has 30 heavy (non-hydrogen) atoms. The Morgan fingerprint density at radius 2 is 1.97 bits per heavy atom. The molecule has 148 valence electrons. The number of nitrogens with two attached hydrogens (primary N) is 1. The van der Waals surface area contributed by atoms with E-state index in [0.717, 1.165) is 64.5 Å². The van der Waals surface area contributed by atoms with Gasteiger partial charge in [-0.2, -0.15) is 14.9 Å². The van der Waals surface area contributed by atoms with Gasteiger partial charge in [0.15, 0.2) is 5.65 Å². The molecule has 7 heteroatoms. The molecule has 0 spiro atoms. The second-order valence-corrected chi connectivity index (χ2v) is 8.30. The highest BCUT2D eigenvalue weighted by molar-refractivity contribution is 6.36. The molecule has 2 N–H and O–H groups in total. The van der Waals surface area contributed by atoms with Crippen molar-refractivity contribution in [3.8, 4) is 17.2 Å². The average Bonchev–Trinajstić information content (AvgIpc) is 3.21. The molecule has 1 aliphatic carbocycles. The molecule has 1 fully saturated rings. The Bertz CT molecular complexity index is 1280. The summed E-state index contributed by atoms with van der Waals surface area (Å²) < 4.78 is 1.74. The maximum atomic E-state index is 8.99. The van der Waals surface area contributed by atoms with Crippen LogP contribution in [-0.4, -0.2) is 27.4 Å². The van der Waals surface area contributed by atoms with Crippen molar-refractivity contribution in [1.82, 2.24) is 19.6 Å². The van der Waals surface area contributed by atoms with Crippen LogP contribution < -0.4 is 11.2 Å². The van der Waals surface area contributed by atoms with E-state index in [1.54, 1.807) is 4.52 Å². The molecule has 3 heterocycles. The number of benzene rings is 1. The van der Waals surface area contributed by atoms with Crippen molar-refractivity contribution in [2.75, 3.05) is 5.73 Å². The number of hydrogen-bond acceptors (Lipinski definition) is 5. The zero-order chi connectivity index (χ0) is 20.7. The summed E-state index contributed by atoms with van der Waals surface area (Å²) in [6.45, 7) is 0. The minimum Gasteiger partial charge on any atom is -0.384 e. The number of rotatable bonds is 3. The molecule has 0 unspecified atom stereocenters. The zero-order valence-electron chi connectivity index (χ0n) is 17.0. The lowest BCUT2D eigenvalue weighted by Gasteiger charge is -2.28. The monoisotopic (exact) mass is 394 g/mol. The smallest absolute Gasteiger partial charge is 0.165 e. The first-order valence-corrected chi connectivity index (χ1v) is 10.5. The SMILES string of the molecule is Bc1c(C2CCC(CC#N)CC2)nc2c(-c3cnc4ccccc4c3)cnn2c1N. The highest BCUT2D eigenvalue weighted by atomic mass is 15.3. The predicted octanol–water partition coefficient (Wildman–Crippen LogP) is 2.97. The van der Waals surface area contributed by atoms with Gasteiger partial charge in [0.1, 0.15) is 13.7 Å². The van der Waals surface area contributed by atoms with Crippen LogP contribution in [0.4, 0.5) is 5.82 Å². The van der Waals surface area contributed by atoms with Gasteiger partial charge < -0.3 is 5.73 Å². The lowest BCUT2D eigenvalue weighted by Crippen LogP contribution is -2.26. The van der Waals surface area contributed by atoms with Crippen molar-refractivity contribution in [2.24, 2.45) is 5.92 Å². The summed E-state index contributed by atoms with van der Waals surface area (Å²) in [5.41, 5.74) is 12.3. The third-order valence-corrected chi connectivity index (χ3v) is 6.48. The van der Waals surface area contributed by atoms with E-state index in [-0.39, 0.29) is 0 Å². The molecule has 1 saturated carbocycles. The number of hydrogen-bond donors (Lipinski definition) is 1. The van der Waals surface area contributed by atoms with Crippen molar-refractivity contribution in [3.63, 3.8) is 0 Å². The second-order valence-electron chi connectivity index (χ2n) is 8.30. The minimum atomic E-state index is 0.379. The van der Waals surface area contributed by atoms with E-state index in [1.165, 1.54) is 0 Å². The molecule has 1 aromatic carbocycles. The number of fused-ring (bicyclic) bond motifs is 2. The number of aromatic nitrogens is 4. The van der Waals surface area contributed by atoms with Crippen molar-refractivity contribution < 1.29 is 0 Å². The Hall–Kier alpha value is -3.40. The van der Waals surface area contributed by atoms with E-state index >= 15 is 0 Å². The largest absolute Gasteiger partial charge is 0.384 e. The lowest BCUT2D eigenvalue weighted by atomic mass is 9.76. The van der Waals surface area contributed by atoms with E-state index in [2.05, 4.69) is 28.3 Å². The van der Waals surface area contributed by atoms with Gasteiger partial charge in [-0.15, -0.1) is 0 Å². The highest BCUT2D eigenvalue weighted by Gasteiger charge is 2.26. The molecular weight excluding hydrogens is 371 g/mol. The molecule has 0 amide bonds. The van der Waals surface area contributed by atoms with E-state index in [9.17, 15) is 0 Å². The van der Waals surface area contributed by atoms with E-state index in [1.807, 2.05) is 38.4 Å². The maximum absolute atomic E-state index is 8.99. The van der Waals surface area contributed by atoms with E-state index in [0.29, 0.717) is 24.1 Å². The van der Waals surface area contributed by atoms with E-state index < -0.39 is 0 Å². The van der Waals surface area contributed by atoms with Gasteiger partial charge in [0.05, 0.1) is 17.8 Å². The summed E-state index contributed by atoms with van der Waals surface area (Å²) in [5, 5.41) is 14.6. The van der Waals surface area contributed by atoms with Gasteiger partial charge in [-0.1, -0.05) is 18.2 Å². The Labute approximate surface area is 176 Å². The first-order valence-electron chi connectivity index (χ1n) is 10.5. The highest BCUT2D eigenvalue weighted by Crippen LogP contribution is 2.37. The fourth-order valence-corrected chi connectivity index (χ4v) is 4.70. The summed E-state index contributed by atoms with van der Waals surface area (Å²) in [5.74, 6) is 1.54. The fourth-order valence-electron chi connectivity index (χ4n) is 4.70. The van der Waals surface area contributed by atoms with Gasteiger partial charge >= 0.3 is 0 Å². The topological polar surface area (TPSA) is 92.9 Å². The van der Waals surface area contributed by atoms with Crippen molar-refractivity contribution in [1.29, 1.82) is 5.26 Å². The van der Waals surface area contributed by atoms with Gasteiger partial charge in [0.2, 0.25) is 0 Å². The van der Waals surface area contributed by atoms with Crippen LogP contribution in [0.3, 0.4) is 0 Å². The molecule has 5 rings (SSSR count). The van der Waals surface area contributed by atoms with Crippen LogP contribution in [0.25, 0.3) is 27.7 Å². The fraction of sp³-hybridized carbons (Fsp3) is 0.304. The number of pyridine rings is 1. The number of nitriles is 1. The molecular formula is C23H23BN6. The summed E-state index contributed by atoms with van der Waals surface area (Å²) in [6, 6.07) is 12.5. The molecule has 0 saturated heterocycles. The van der Waals surface area contributed by atoms with Gasteiger partial charge in [-0.05, 0) is 49.2 Å². The Kier molecular flexibility index (Phi) is 4.63. The zero-order valence-corrected chi connectivity index (χ0v) is 17.0. The van der Waals surface area contributed by atoms with Gasteiger partial charge in [-0.3, -0.25) is 4.98 Å². The number of nitrogens with zero attached hydrogens (tertiary/aromatic N) is 5. The van der Waals surface area contributed by atoms with Crippen molar-refractivity contribution in [2.45, 2.75) is 38.0 Å². The van der Waals surface area contributed by atoms with Crippen LogP contribution in [0.15, 0.2) is 42.7 Å². The average molecular weight is 394 g/mol. The number of anilines is 1. The normalized spacial score (nSPS) is 19.2. The maximum Gasteiger partial charge on any atom is 0.165 e. The summed E-state index contributed by atoms with van der Waals surface area (Å²) in [6.07, 6.45) is 8.62. The predicted molar refractivity (Wildman–Crippen MR) is 121 cm³/mol. The standard InChI is InChI=1S/C23H23BN6/c24-20-21(15-7-5-14(6-8-15)9-10-25)29-23-18(13-28-30(23)22(20)26)17-11-16-3-1-2-4-19(16)27-12-17/h1-4,11-15H,5-9,24,26H2. The molecule has 0 radical (unpaired) electrons. The first-order chi connectivity index (χ1) is 14.7. The van der Waals surface area contributed by atoms with Crippen molar-refractivity contribution in [3.05, 3.63) is 48.4 Å². The van der Waals surface area contributed by atoms with Gasteiger partial charge in [-0.25, -0.2) is 4.98 Å². The molecule has 4 aromatic rings. The van der Waals surface area contributed by atoms with Gasteiger partial charge in [0.25, 0.3) is 0 Å². The molecule has 3 aromatic heterocycles. The summed E-state index contributed by atoms with van der Waals surface area (Å²) in [4.78, 5) is 9.67. The van der Waals surface area contributed by atoms with Crippen LogP contribution in [0.5, 0.6) is 0 Å². The minimum absolute atomic E-state index is 0.379.